The van der Waals surface area contributed by atoms with E-state index in [2.05, 4.69) is 5.48 Å². The lowest BCUT2D eigenvalue weighted by atomic mass is 10.2. The molecule has 0 aliphatic rings. The maximum atomic E-state index is 10.5. The maximum Gasteiger partial charge on any atom is 0.269 e. The fourth-order valence-electron chi connectivity index (χ4n) is 1.60. The van der Waals surface area contributed by atoms with Crippen molar-refractivity contribution in [1.82, 2.24) is 0 Å². The number of hydrogen-bond acceptors (Lipinski definition) is 4. The summed E-state index contributed by atoms with van der Waals surface area (Å²) in [6.07, 6.45) is 0.806. The first kappa shape index (κ1) is 13.0. The molecule has 0 unspecified atom stereocenters. The van der Waals surface area contributed by atoms with E-state index in [0.29, 0.717) is 12.3 Å². The van der Waals surface area contributed by atoms with Gasteiger partial charge in [0.1, 0.15) is 0 Å². The molecular weight excluding hydrogens is 244 g/mol. The highest BCUT2D eigenvalue weighted by atomic mass is 16.6. The van der Waals surface area contributed by atoms with Gasteiger partial charge in [0, 0.05) is 12.1 Å². The van der Waals surface area contributed by atoms with Crippen LogP contribution in [-0.4, -0.2) is 11.5 Å². The van der Waals surface area contributed by atoms with Crippen LogP contribution in [0.5, 0.6) is 0 Å². The molecule has 0 aliphatic heterocycles. The highest BCUT2D eigenvalue weighted by molar-refractivity contribution is 5.46. The second-order valence-corrected chi connectivity index (χ2v) is 3.99. The van der Waals surface area contributed by atoms with Gasteiger partial charge in [-0.05, 0) is 24.1 Å². The van der Waals surface area contributed by atoms with Crippen molar-refractivity contribution >= 4 is 11.4 Å². The second-order valence-electron chi connectivity index (χ2n) is 3.99. The zero-order valence-electron chi connectivity index (χ0n) is 10.3. The van der Waals surface area contributed by atoms with E-state index in [1.54, 1.807) is 12.1 Å². The molecule has 0 heterocycles. The van der Waals surface area contributed by atoms with Crippen LogP contribution in [0.15, 0.2) is 54.6 Å². The number of nitro groups is 1. The van der Waals surface area contributed by atoms with E-state index < -0.39 is 4.92 Å². The van der Waals surface area contributed by atoms with Gasteiger partial charge in [0.05, 0.1) is 17.2 Å². The molecule has 98 valence electrons. The van der Waals surface area contributed by atoms with Gasteiger partial charge < -0.3 is 0 Å². The Bertz CT molecular complexity index is 526. The predicted molar refractivity (Wildman–Crippen MR) is 72.8 cm³/mol. The number of hydrogen-bond donors (Lipinski definition) is 1. The number of benzene rings is 2. The first-order valence-corrected chi connectivity index (χ1v) is 5.92. The van der Waals surface area contributed by atoms with E-state index in [9.17, 15) is 10.1 Å². The molecule has 0 fully saturated rings. The second kappa shape index (κ2) is 6.51. The molecule has 0 saturated carbocycles. The molecule has 5 heteroatoms. The molecular formula is C14H14N2O3. The quantitative estimate of drug-likeness (QED) is 0.491. The largest absolute Gasteiger partial charge is 0.276 e. The molecule has 0 aromatic heterocycles. The predicted octanol–water partition coefficient (Wildman–Crippen LogP) is 3.18. The van der Waals surface area contributed by atoms with Crippen molar-refractivity contribution in [3.8, 4) is 0 Å². The first-order valence-electron chi connectivity index (χ1n) is 5.92. The summed E-state index contributed by atoms with van der Waals surface area (Å²) < 4.78 is 0. The summed E-state index contributed by atoms with van der Waals surface area (Å²) in [5, 5.41) is 10.5. The van der Waals surface area contributed by atoms with Gasteiger partial charge in [-0.3, -0.25) is 20.4 Å². The molecule has 1 N–H and O–H groups in total. The Morgan fingerprint density at radius 2 is 1.74 bits per heavy atom. The summed E-state index contributed by atoms with van der Waals surface area (Å²) in [6.45, 7) is 0.529. The van der Waals surface area contributed by atoms with Crippen molar-refractivity contribution in [2.45, 2.75) is 6.42 Å². The SMILES string of the molecule is O=[N+]([O-])c1ccc(NOCCc2ccccc2)cc1. The number of anilines is 1. The topological polar surface area (TPSA) is 64.4 Å². The molecule has 19 heavy (non-hydrogen) atoms. The molecule has 0 saturated heterocycles. The Morgan fingerprint density at radius 3 is 2.37 bits per heavy atom. The third-order valence-electron chi connectivity index (χ3n) is 2.60. The van der Waals surface area contributed by atoms with Gasteiger partial charge in [-0.25, -0.2) is 0 Å². The van der Waals surface area contributed by atoms with Crippen molar-refractivity contribution in [1.29, 1.82) is 0 Å². The number of nitrogens with one attached hydrogen (secondary N) is 1. The van der Waals surface area contributed by atoms with Gasteiger partial charge in [0.15, 0.2) is 0 Å². The van der Waals surface area contributed by atoms with E-state index >= 15 is 0 Å². The molecule has 0 atom stereocenters. The maximum absolute atomic E-state index is 10.5. The summed E-state index contributed by atoms with van der Waals surface area (Å²) in [4.78, 5) is 15.4. The fourth-order valence-corrected chi connectivity index (χ4v) is 1.60. The van der Waals surface area contributed by atoms with Crippen LogP contribution >= 0.6 is 0 Å². The van der Waals surface area contributed by atoms with E-state index in [0.717, 1.165) is 6.42 Å². The normalized spacial score (nSPS) is 10.1. The molecule has 0 aliphatic carbocycles. The van der Waals surface area contributed by atoms with Gasteiger partial charge in [0.2, 0.25) is 0 Å². The smallest absolute Gasteiger partial charge is 0.269 e. The molecule has 0 spiro atoms. The van der Waals surface area contributed by atoms with Gasteiger partial charge >= 0.3 is 0 Å². The van der Waals surface area contributed by atoms with Crippen LogP contribution < -0.4 is 5.48 Å². The molecule has 2 rings (SSSR count). The van der Waals surface area contributed by atoms with Gasteiger partial charge in [-0.15, -0.1) is 0 Å². The van der Waals surface area contributed by atoms with Crippen LogP contribution in [0, 0.1) is 10.1 Å². The van der Waals surface area contributed by atoms with Crippen LogP contribution in [-0.2, 0) is 11.3 Å². The summed E-state index contributed by atoms with van der Waals surface area (Å²) in [5.41, 5.74) is 4.72. The average Bonchev–Trinajstić information content (AvgIpc) is 2.45. The summed E-state index contributed by atoms with van der Waals surface area (Å²) in [5.74, 6) is 0. The fraction of sp³-hybridized carbons (Fsp3) is 0.143. The van der Waals surface area contributed by atoms with Crippen molar-refractivity contribution in [3.63, 3.8) is 0 Å². The third-order valence-corrected chi connectivity index (χ3v) is 2.60. The molecule has 2 aromatic rings. The van der Waals surface area contributed by atoms with Crippen LogP contribution in [0.4, 0.5) is 11.4 Å². The van der Waals surface area contributed by atoms with E-state index in [1.165, 1.54) is 17.7 Å². The molecule has 5 nitrogen and oxygen atoms in total. The Balaban J connectivity index is 1.75. The monoisotopic (exact) mass is 258 g/mol. The average molecular weight is 258 g/mol. The molecule has 0 bridgehead atoms. The van der Waals surface area contributed by atoms with E-state index in [1.807, 2.05) is 30.3 Å². The highest BCUT2D eigenvalue weighted by Crippen LogP contribution is 2.15. The zero-order valence-corrected chi connectivity index (χ0v) is 10.3. The highest BCUT2D eigenvalue weighted by Gasteiger charge is 2.03. The number of nitro benzene ring substituents is 1. The number of nitrogens with zero attached hydrogens (tertiary/aromatic N) is 1. The van der Waals surface area contributed by atoms with Crippen LogP contribution in [0.25, 0.3) is 0 Å². The summed E-state index contributed by atoms with van der Waals surface area (Å²) in [6, 6.07) is 16.1. The van der Waals surface area contributed by atoms with E-state index in [4.69, 9.17) is 4.84 Å². The van der Waals surface area contributed by atoms with Crippen molar-refractivity contribution in [2.75, 3.05) is 12.1 Å². The summed E-state index contributed by atoms with van der Waals surface area (Å²) >= 11 is 0. The van der Waals surface area contributed by atoms with Crippen molar-refractivity contribution in [2.24, 2.45) is 0 Å². The van der Waals surface area contributed by atoms with Crippen LogP contribution in [0.2, 0.25) is 0 Å². The van der Waals surface area contributed by atoms with Gasteiger partial charge in [-0.2, -0.15) is 0 Å². The zero-order chi connectivity index (χ0) is 13.5. The van der Waals surface area contributed by atoms with Crippen LogP contribution in [0.3, 0.4) is 0 Å². The first-order chi connectivity index (χ1) is 9.25. The Kier molecular flexibility index (Phi) is 4.47. The standard InChI is InChI=1S/C14H14N2O3/c17-16(18)14-8-6-13(7-9-14)15-19-11-10-12-4-2-1-3-5-12/h1-9,15H,10-11H2. The lowest BCUT2D eigenvalue weighted by Gasteiger charge is -2.06. The lowest BCUT2D eigenvalue weighted by molar-refractivity contribution is -0.384. The minimum atomic E-state index is -0.431. The molecule has 0 radical (unpaired) electrons. The number of non-ortho nitro benzene ring substituents is 1. The number of rotatable bonds is 6. The molecule has 0 amide bonds. The van der Waals surface area contributed by atoms with Crippen molar-refractivity contribution < 1.29 is 9.76 Å². The minimum absolute atomic E-state index is 0.0647. The lowest BCUT2D eigenvalue weighted by Crippen LogP contribution is -2.05. The van der Waals surface area contributed by atoms with Crippen LogP contribution in [0.1, 0.15) is 5.56 Å². The molecule has 2 aromatic carbocycles. The van der Waals surface area contributed by atoms with Gasteiger partial charge in [-0.1, -0.05) is 30.3 Å². The third kappa shape index (κ3) is 4.08. The Hall–Kier alpha value is -2.40. The van der Waals surface area contributed by atoms with E-state index in [-0.39, 0.29) is 5.69 Å². The van der Waals surface area contributed by atoms with Crippen molar-refractivity contribution in [3.05, 3.63) is 70.3 Å². The Labute approximate surface area is 110 Å². The summed E-state index contributed by atoms with van der Waals surface area (Å²) in [7, 11) is 0. The Morgan fingerprint density at radius 1 is 1.05 bits per heavy atom. The minimum Gasteiger partial charge on any atom is -0.276 e. The van der Waals surface area contributed by atoms with Gasteiger partial charge in [0.25, 0.3) is 5.69 Å².